The number of hydrogen-bond acceptors (Lipinski definition) is 3. The normalized spacial score (nSPS) is 16.5. The van der Waals surface area contributed by atoms with E-state index in [4.69, 9.17) is 14.3 Å². The average Bonchev–Trinajstić information content (AvgIpc) is 2.73. The van der Waals surface area contributed by atoms with Gasteiger partial charge in [0.15, 0.2) is 0 Å². The van der Waals surface area contributed by atoms with E-state index in [0.717, 1.165) is 64.2 Å². The van der Waals surface area contributed by atoms with Crippen LogP contribution < -0.4 is 0 Å². The summed E-state index contributed by atoms with van der Waals surface area (Å²) in [5, 5.41) is 0. The summed E-state index contributed by atoms with van der Waals surface area (Å²) in [6, 6.07) is 0. The van der Waals surface area contributed by atoms with Gasteiger partial charge < -0.3 is 19.2 Å². The summed E-state index contributed by atoms with van der Waals surface area (Å²) in [5.74, 6) is 0.943. The average molecular weight is 501 g/mol. The molecule has 0 aliphatic heterocycles. The molecule has 0 aliphatic rings. The van der Waals surface area contributed by atoms with Crippen molar-refractivity contribution in [1.82, 2.24) is 0 Å². The Hall–Kier alpha value is 0.300. The standard InChI is InChI=1S/C16H35O3P.C8H19O3P/c1-5-9-11-15(7-3)13-19-20(17,18)14-16(8-4)12-10-6-2;1-3-5-6-8(4-2)7-12(9,10)11/h15-16H,5-14H2,1-4H3,(H,17,18);8H,3-7H2,1-2H3,(H2,9,10,11). The number of rotatable bonds is 19. The van der Waals surface area contributed by atoms with Crippen molar-refractivity contribution in [2.45, 2.75) is 119 Å². The Morgan fingerprint density at radius 3 is 1.34 bits per heavy atom. The van der Waals surface area contributed by atoms with E-state index in [2.05, 4.69) is 34.6 Å². The third-order valence-electron chi connectivity index (χ3n) is 6.13. The molecule has 32 heavy (non-hydrogen) atoms. The lowest BCUT2D eigenvalue weighted by atomic mass is 10.0. The van der Waals surface area contributed by atoms with Gasteiger partial charge in [0.25, 0.3) is 0 Å². The highest BCUT2D eigenvalue weighted by atomic mass is 31.2. The fourth-order valence-electron chi connectivity index (χ4n) is 3.67. The Bertz CT molecular complexity index is 509. The monoisotopic (exact) mass is 500 g/mol. The second kappa shape index (κ2) is 20.7. The van der Waals surface area contributed by atoms with Crippen LogP contribution in [0, 0.1) is 17.8 Å². The zero-order valence-electron chi connectivity index (χ0n) is 21.8. The highest BCUT2D eigenvalue weighted by Gasteiger charge is 2.25. The molecule has 0 heterocycles. The second-order valence-electron chi connectivity index (χ2n) is 9.21. The zero-order chi connectivity index (χ0) is 25.0. The van der Waals surface area contributed by atoms with Crippen LogP contribution >= 0.6 is 15.2 Å². The molecular weight excluding hydrogens is 446 g/mol. The molecule has 0 saturated carbocycles. The minimum atomic E-state index is -3.78. The molecule has 4 atom stereocenters. The largest absolute Gasteiger partial charge is 0.328 e. The predicted molar refractivity (Wildman–Crippen MR) is 137 cm³/mol. The topological polar surface area (TPSA) is 104 Å². The molecule has 0 aromatic heterocycles. The molecule has 8 heteroatoms. The van der Waals surface area contributed by atoms with Gasteiger partial charge in [-0.2, -0.15) is 0 Å². The summed E-state index contributed by atoms with van der Waals surface area (Å²) in [7, 11) is -7.18. The molecule has 4 unspecified atom stereocenters. The lowest BCUT2D eigenvalue weighted by molar-refractivity contribution is 0.200. The Kier molecular flexibility index (Phi) is 22.2. The molecule has 0 rings (SSSR count). The SMILES string of the molecule is CCCCC(CC)COP(=O)(O)CC(CC)CCCC.CCCCC(CC)CP(=O)(O)O. The van der Waals surface area contributed by atoms with Gasteiger partial charge in [0.2, 0.25) is 0 Å². The molecule has 0 aromatic rings. The zero-order valence-corrected chi connectivity index (χ0v) is 23.6. The van der Waals surface area contributed by atoms with Crippen LogP contribution in [0.5, 0.6) is 0 Å². The second-order valence-corrected chi connectivity index (χ2v) is 12.8. The van der Waals surface area contributed by atoms with Crippen molar-refractivity contribution in [3.05, 3.63) is 0 Å². The first-order valence-electron chi connectivity index (χ1n) is 13.0. The molecule has 0 fully saturated rings. The van der Waals surface area contributed by atoms with Crippen LogP contribution in [0.25, 0.3) is 0 Å². The van der Waals surface area contributed by atoms with Gasteiger partial charge in [-0.3, -0.25) is 9.13 Å². The summed E-state index contributed by atoms with van der Waals surface area (Å²) < 4.78 is 28.2. The molecule has 3 N–H and O–H groups in total. The quantitative estimate of drug-likeness (QED) is 0.155. The van der Waals surface area contributed by atoms with Crippen molar-refractivity contribution >= 4 is 15.2 Å². The van der Waals surface area contributed by atoms with Crippen LogP contribution in [-0.4, -0.2) is 33.6 Å². The highest BCUT2D eigenvalue weighted by Crippen LogP contribution is 2.46. The number of hydrogen-bond donors (Lipinski definition) is 3. The van der Waals surface area contributed by atoms with Crippen molar-refractivity contribution in [2.24, 2.45) is 17.8 Å². The summed E-state index contributed by atoms with van der Waals surface area (Å²) in [4.78, 5) is 27.5. The first-order valence-corrected chi connectivity index (χ1v) is 16.5. The minimum Gasteiger partial charge on any atom is -0.324 e. The van der Waals surface area contributed by atoms with Crippen LogP contribution in [0.1, 0.15) is 119 Å². The molecule has 0 amide bonds. The molecule has 0 spiro atoms. The van der Waals surface area contributed by atoms with E-state index in [0.29, 0.717) is 24.6 Å². The Morgan fingerprint density at radius 2 is 1.00 bits per heavy atom. The summed E-state index contributed by atoms with van der Waals surface area (Å²) in [6.07, 6.45) is 13.1. The van der Waals surface area contributed by atoms with Gasteiger partial charge >= 0.3 is 15.2 Å². The summed E-state index contributed by atoms with van der Waals surface area (Å²) in [6.45, 7) is 13.1. The fourth-order valence-corrected chi connectivity index (χ4v) is 6.43. The van der Waals surface area contributed by atoms with E-state index in [1.165, 1.54) is 12.8 Å². The van der Waals surface area contributed by atoms with Crippen molar-refractivity contribution in [3.8, 4) is 0 Å². The molecule has 0 bridgehead atoms. The van der Waals surface area contributed by atoms with Crippen LogP contribution in [0.4, 0.5) is 0 Å². The van der Waals surface area contributed by atoms with Gasteiger partial charge in [-0.15, -0.1) is 0 Å². The van der Waals surface area contributed by atoms with Crippen LogP contribution in [0.15, 0.2) is 0 Å². The number of unbranched alkanes of at least 4 members (excludes halogenated alkanes) is 3. The Morgan fingerprint density at radius 1 is 0.625 bits per heavy atom. The maximum absolute atomic E-state index is 12.2. The van der Waals surface area contributed by atoms with E-state index in [1.807, 2.05) is 6.92 Å². The highest BCUT2D eigenvalue weighted by molar-refractivity contribution is 7.52. The lowest BCUT2D eigenvalue weighted by Crippen LogP contribution is -2.12. The van der Waals surface area contributed by atoms with Gasteiger partial charge in [0.05, 0.1) is 18.9 Å². The molecule has 196 valence electrons. The molecule has 0 radical (unpaired) electrons. The van der Waals surface area contributed by atoms with E-state index >= 15 is 0 Å². The van der Waals surface area contributed by atoms with Gasteiger partial charge in [0, 0.05) is 0 Å². The molecule has 0 aromatic carbocycles. The molecule has 6 nitrogen and oxygen atoms in total. The van der Waals surface area contributed by atoms with Crippen molar-refractivity contribution in [3.63, 3.8) is 0 Å². The van der Waals surface area contributed by atoms with E-state index in [1.54, 1.807) is 0 Å². The smallest absolute Gasteiger partial charge is 0.324 e. The Labute approximate surface area is 199 Å². The van der Waals surface area contributed by atoms with Gasteiger partial charge in [0.1, 0.15) is 0 Å². The first kappa shape index (κ1) is 34.5. The third-order valence-corrected chi connectivity index (χ3v) is 8.65. The predicted octanol–water partition coefficient (Wildman–Crippen LogP) is 8.00. The summed E-state index contributed by atoms with van der Waals surface area (Å²) >= 11 is 0. The van der Waals surface area contributed by atoms with E-state index in [-0.39, 0.29) is 12.1 Å². The van der Waals surface area contributed by atoms with Crippen LogP contribution in [0.2, 0.25) is 0 Å². The van der Waals surface area contributed by atoms with E-state index in [9.17, 15) is 14.0 Å². The van der Waals surface area contributed by atoms with Crippen molar-refractivity contribution in [2.75, 3.05) is 18.9 Å². The van der Waals surface area contributed by atoms with Gasteiger partial charge in [-0.05, 0) is 37.0 Å². The molecule has 0 saturated heterocycles. The molecule has 0 aliphatic carbocycles. The van der Waals surface area contributed by atoms with E-state index < -0.39 is 15.2 Å². The minimum absolute atomic E-state index is 0.0590. The first-order chi connectivity index (χ1) is 15.0. The van der Waals surface area contributed by atoms with Gasteiger partial charge in [-0.25, -0.2) is 0 Å². The van der Waals surface area contributed by atoms with Gasteiger partial charge in [-0.1, -0.05) is 99.3 Å². The fraction of sp³-hybridized carbons (Fsp3) is 1.00. The lowest BCUT2D eigenvalue weighted by Gasteiger charge is -2.21. The summed E-state index contributed by atoms with van der Waals surface area (Å²) in [5.41, 5.74) is 0. The van der Waals surface area contributed by atoms with Crippen molar-refractivity contribution < 1.29 is 28.3 Å². The maximum Gasteiger partial charge on any atom is 0.328 e. The van der Waals surface area contributed by atoms with Crippen molar-refractivity contribution in [1.29, 1.82) is 0 Å². The molecular formula is C24H54O6P2. The van der Waals surface area contributed by atoms with Crippen LogP contribution in [-0.2, 0) is 13.7 Å². The Balaban J connectivity index is 0. The van der Waals surface area contributed by atoms with Crippen LogP contribution in [0.3, 0.4) is 0 Å². The maximum atomic E-state index is 12.2. The third kappa shape index (κ3) is 22.1.